The Labute approximate surface area is 206 Å². The van der Waals surface area contributed by atoms with E-state index in [0.29, 0.717) is 13.1 Å². The number of hydrogen-bond donors (Lipinski definition) is 1. The fourth-order valence-corrected chi connectivity index (χ4v) is 7.77. The van der Waals surface area contributed by atoms with E-state index in [1.807, 2.05) is 30.1 Å². The minimum Gasteiger partial charge on any atom is -0.344 e. The van der Waals surface area contributed by atoms with Crippen LogP contribution in [0.4, 0.5) is 4.39 Å². The van der Waals surface area contributed by atoms with Crippen LogP contribution in [0.1, 0.15) is 22.7 Å². The summed E-state index contributed by atoms with van der Waals surface area (Å²) in [5, 5.41) is 7.62. The first-order valence-electron chi connectivity index (χ1n) is 10.4. The van der Waals surface area contributed by atoms with Crippen molar-refractivity contribution in [2.24, 2.45) is 7.05 Å². The number of piperazine rings is 1. The van der Waals surface area contributed by atoms with Gasteiger partial charge in [-0.1, -0.05) is 18.2 Å². The molecule has 1 unspecified atom stereocenters. The highest BCUT2D eigenvalue weighted by molar-refractivity contribution is 9.12. The molecule has 1 saturated heterocycles. The molecular formula is C22H22Br2FN5OS. The number of nitrogens with one attached hydrogen (secondary N) is 1. The third-order valence-corrected chi connectivity index (χ3v) is 8.73. The van der Waals surface area contributed by atoms with E-state index < -0.39 is 0 Å². The number of hydrogen-bond acceptors (Lipinski definition) is 5. The molecule has 3 aromatic rings. The highest BCUT2D eigenvalue weighted by Crippen LogP contribution is 2.53. The molecule has 1 aromatic carbocycles. The molecule has 0 saturated carbocycles. The number of thiophene rings is 1. The monoisotopic (exact) mass is 581 g/mol. The summed E-state index contributed by atoms with van der Waals surface area (Å²) >= 11 is 8.95. The van der Waals surface area contributed by atoms with Gasteiger partial charge in [0, 0.05) is 62.0 Å². The molecular weight excluding hydrogens is 561 g/mol. The molecule has 10 heteroatoms. The van der Waals surface area contributed by atoms with Crippen LogP contribution in [0.25, 0.3) is 11.3 Å². The van der Waals surface area contributed by atoms with Crippen LogP contribution in [-0.2, 0) is 18.4 Å². The number of halogens is 3. The summed E-state index contributed by atoms with van der Waals surface area (Å²) in [6.45, 7) is 4.13. The molecule has 1 aliphatic heterocycles. The molecule has 1 aliphatic carbocycles. The van der Waals surface area contributed by atoms with E-state index in [1.54, 1.807) is 17.4 Å². The molecule has 1 atom stereocenters. The van der Waals surface area contributed by atoms with Crippen LogP contribution in [0, 0.1) is 5.82 Å². The van der Waals surface area contributed by atoms with Crippen LogP contribution in [0.3, 0.4) is 0 Å². The topological polar surface area (TPSA) is 53.4 Å². The second-order valence-corrected chi connectivity index (χ2v) is 11.8. The summed E-state index contributed by atoms with van der Waals surface area (Å²) in [6.07, 6.45) is 1.84. The van der Waals surface area contributed by atoms with Gasteiger partial charge in [0.2, 0.25) is 5.91 Å². The molecule has 32 heavy (non-hydrogen) atoms. The summed E-state index contributed by atoms with van der Waals surface area (Å²) in [5.74, 6) is -0.166. The maximum Gasteiger partial charge on any atom is 0.234 e. The van der Waals surface area contributed by atoms with Gasteiger partial charge in [0.1, 0.15) is 5.82 Å². The summed E-state index contributed by atoms with van der Waals surface area (Å²) in [4.78, 5) is 17.4. The van der Waals surface area contributed by atoms with Gasteiger partial charge >= 0.3 is 0 Å². The fraction of sp³-hybridized carbons (Fsp3) is 0.364. The van der Waals surface area contributed by atoms with Crippen LogP contribution >= 0.6 is 43.2 Å². The molecule has 1 amide bonds. The second kappa shape index (κ2) is 8.98. The van der Waals surface area contributed by atoms with Crippen LogP contribution in [0.2, 0.25) is 0 Å². The molecule has 1 N–H and O–H groups in total. The lowest BCUT2D eigenvalue weighted by atomic mass is 10.1. The zero-order chi connectivity index (χ0) is 22.4. The molecule has 0 bridgehead atoms. The molecule has 2 aromatic heterocycles. The highest BCUT2D eigenvalue weighted by Gasteiger charge is 2.38. The van der Waals surface area contributed by atoms with E-state index in [0.717, 1.165) is 61.7 Å². The van der Waals surface area contributed by atoms with Crippen molar-refractivity contribution in [3.8, 4) is 11.3 Å². The zero-order valence-corrected chi connectivity index (χ0v) is 21.4. The molecule has 0 spiro atoms. The van der Waals surface area contributed by atoms with Crippen molar-refractivity contribution in [1.82, 2.24) is 24.9 Å². The average Bonchev–Trinajstić information content (AvgIpc) is 3.38. The van der Waals surface area contributed by atoms with Gasteiger partial charge in [-0.25, -0.2) is 4.39 Å². The highest BCUT2D eigenvalue weighted by atomic mass is 79.9. The van der Waals surface area contributed by atoms with Crippen molar-refractivity contribution in [2.45, 2.75) is 12.6 Å². The average molecular weight is 583 g/mol. The SMILES string of the molecule is Cn1ncc2c1-c1c(Br)sc(Br)c1C2NC(=O)CN1CCN(Cc2ccccc2F)CC1. The Kier molecular flexibility index (Phi) is 6.23. The lowest BCUT2D eigenvalue weighted by Gasteiger charge is -2.34. The standard InChI is InChI=1S/C22H22Br2FN5OS/c1-28-20-14(10-26-28)19(17-18(20)22(24)32-21(17)23)27-16(31)12-30-8-6-29(7-9-30)11-13-4-2-3-5-15(13)25/h2-5,10,19H,6-9,11-12H2,1H3,(H,27,31). The Morgan fingerprint density at radius 2 is 1.91 bits per heavy atom. The van der Waals surface area contributed by atoms with Crippen LogP contribution in [0.15, 0.2) is 38.0 Å². The number of carbonyl (C=O) groups excluding carboxylic acids is 1. The van der Waals surface area contributed by atoms with E-state index in [2.05, 4.69) is 52.1 Å². The fourth-order valence-electron chi connectivity index (χ4n) is 4.53. The summed E-state index contributed by atoms with van der Waals surface area (Å²) in [5.41, 5.74) is 4.98. The van der Waals surface area contributed by atoms with E-state index in [1.165, 1.54) is 6.07 Å². The lowest BCUT2D eigenvalue weighted by molar-refractivity contribution is -0.123. The quantitative estimate of drug-likeness (QED) is 0.491. The number of carbonyl (C=O) groups is 1. The van der Waals surface area contributed by atoms with Crippen molar-refractivity contribution in [3.63, 3.8) is 0 Å². The van der Waals surface area contributed by atoms with Gasteiger partial charge in [0.05, 0.1) is 32.1 Å². The van der Waals surface area contributed by atoms with Crippen molar-refractivity contribution in [3.05, 3.63) is 60.5 Å². The lowest BCUT2D eigenvalue weighted by Crippen LogP contribution is -2.49. The maximum absolute atomic E-state index is 13.9. The normalized spacial score (nSPS) is 18.6. The van der Waals surface area contributed by atoms with Crippen molar-refractivity contribution < 1.29 is 9.18 Å². The zero-order valence-electron chi connectivity index (χ0n) is 17.4. The number of rotatable bonds is 5. The van der Waals surface area contributed by atoms with Gasteiger partial charge < -0.3 is 5.32 Å². The third-order valence-electron chi connectivity index (χ3n) is 6.15. The van der Waals surface area contributed by atoms with Gasteiger partial charge in [0.15, 0.2) is 0 Å². The second-order valence-electron chi connectivity index (χ2n) is 8.15. The number of aryl methyl sites for hydroxylation is 1. The van der Waals surface area contributed by atoms with E-state index in [9.17, 15) is 9.18 Å². The van der Waals surface area contributed by atoms with Gasteiger partial charge in [0.25, 0.3) is 0 Å². The van der Waals surface area contributed by atoms with Crippen molar-refractivity contribution in [1.29, 1.82) is 0 Å². The number of nitrogens with zero attached hydrogens (tertiary/aromatic N) is 4. The largest absolute Gasteiger partial charge is 0.344 e. The summed E-state index contributed by atoms with van der Waals surface area (Å²) in [7, 11) is 1.92. The predicted molar refractivity (Wildman–Crippen MR) is 130 cm³/mol. The summed E-state index contributed by atoms with van der Waals surface area (Å²) in [6, 6.07) is 6.71. The van der Waals surface area contributed by atoms with Gasteiger partial charge in [-0.05, 0) is 37.9 Å². The van der Waals surface area contributed by atoms with Gasteiger partial charge in [-0.3, -0.25) is 19.3 Å². The van der Waals surface area contributed by atoms with E-state index >= 15 is 0 Å². The molecule has 6 nitrogen and oxygen atoms in total. The van der Waals surface area contributed by atoms with E-state index in [-0.39, 0.29) is 17.8 Å². The first kappa shape index (κ1) is 22.2. The Morgan fingerprint density at radius 1 is 1.19 bits per heavy atom. The predicted octanol–water partition coefficient (Wildman–Crippen LogP) is 4.15. The maximum atomic E-state index is 13.9. The summed E-state index contributed by atoms with van der Waals surface area (Å²) < 4.78 is 17.8. The van der Waals surface area contributed by atoms with Crippen LogP contribution in [-0.4, -0.2) is 58.2 Å². The molecule has 168 valence electrons. The first-order valence-corrected chi connectivity index (χ1v) is 12.8. The van der Waals surface area contributed by atoms with Gasteiger partial charge in [-0.15, -0.1) is 11.3 Å². The number of aromatic nitrogens is 2. The Hall–Kier alpha value is -1.59. The van der Waals surface area contributed by atoms with Crippen LogP contribution < -0.4 is 5.32 Å². The smallest absolute Gasteiger partial charge is 0.234 e. The Bertz CT molecular complexity index is 1170. The minimum absolute atomic E-state index is 0.00516. The number of amides is 1. The van der Waals surface area contributed by atoms with Crippen LogP contribution in [0.5, 0.6) is 0 Å². The molecule has 5 rings (SSSR count). The molecule has 2 aliphatic rings. The minimum atomic E-state index is -0.208. The number of fused-ring (bicyclic) bond motifs is 3. The van der Waals surface area contributed by atoms with Crippen molar-refractivity contribution in [2.75, 3.05) is 32.7 Å². The van der Waals surface area contributed by atoms with E-state index in [4.69, 9.17) is 0 Å². The molecule has 0 radical (unpaired) electrons. The third kappa shape index (κ3) is 4.07. The Morgan fingerprint density at radius 3 is 2.66 bits per heavy atom. The number of benzene rings is 1. The Balaban J connectivity index is 1.21. The van der Waals surface area contributed by atoms with Gasteiger partial charge in [-0.2, -0.15) is 5.10 Å². The van der Waals surface area contributed by atoms with Crippen molar-refractivity contribution >= 4 is 49.1 Å². The first-order chi connectivity index (χ1) is 15.4. The molecule has 1 fully saturated rings. The molecule has 3 heterocycles.